The lowest BCUT2D eigenvalue weighted by molar-refractivity contribution is -0.145. The minimum atomic E-state index is -6.09. The number of amides is 1. The Balaban J connectivity index is 0.000000574. The lowest BCUT2D eigenvalue weighted by Gasteiger charge is -2.14. The molecule has 0 radical (unpaired) electrons. The fourth-order valence-corrected chi connectivity index (χ4v) is 3.17. The van der Waals surface area contributed by atoms with Gasteiger partial charge in [-0.3, -0.25) is 14.7 Å². The SMILES string of the molecule is C.Cn1nnc(-c2ccc(-c3ccc(N4C[C@H](COC(=O)CCN)OC4=O)cc3F)cn2)n1.O=S(=O)([O-])C(F)(F)F. The number of benzene rings is 1. The van der Waals surface area contributed by atoms with Gasteiger partial charge in [-0.25, -0.2) is 17.6 Å². The first-order valence-corrected chi connectivity index (χ1v) is 12.5. The van der Waals surface area contributed by atoms with Gasteiger partial charge in [-0.2, -0.15) is 18.0 Å². The van der Waals surface area contributed by atoms with Crippen molar-refractivity contribution in [2.75, 3.05) is 24.6 Å². The van der Waals surface area contributed by atoms with Crippen LogP contribution < -0.4 is 10.6 Å². The Morgan fingerprint density at radius 1 is 1.27 bits per heavy atom. The van der Waals surface area contributed by atoms with Gasteiger partial charge < -0.3 is 19.8 Å². The molecule has 3 heterocycles. The number of aryl methyl sites for hydroxylation is 1. The molecule has 2 N–H and O–H groups in total. The number of tetrazole rings is 1. The third-order valence-corrected chi connectivity index (χ3v) is 5.58. The average molecular weight is 607 g/mol. The minimum absolute atomic E-state index is 0. The molecule has 1 fully saturated rings. The molecule has 41 heavy (non-hydrogen) atoms. The highest BCUT2D eigenvalue weighted by molar-refractivity contribution is 7.86. The van der Waals surface area contributed by atoms with E-state index in [-0.39, 0.29) is 33.5 Å². The van der Waals surface area contributed by atoms with Gasteiger partial charge in [-0.05, 0) is 29.5 Å². The van der Waals surface area contributed by atoms with Gasteiger partial charge in [0.1, 0.15) is 18.1 Å². The summed E-state index contributed by atoms with van der Waals surface area (Å²) in [4.78, 5) is 30.5. The minimum Gasteiger partial charge on any atom is -0.741 e. The van der Waals surface area contributed by atoms with Crippen LogP contribution in [-0.4, -0.2) is 81.5 Å². The molecule has 1 saturated heterocycles. The predicted molar refractivity (Wildman–Crippen MR) is 132 cm³/mol. The molecule has 4 rings (SSSR count). The van der Waals surface area contributed by atoms with Crippen molar-refractivity contribution in [3.05, 3.63) is 42.3 Å². The lowest BCUT2D eigenvalue weighted by atomic mass is 10.1. The van der Waals surface area contributed by atoms with Crippen molar-refractivity contribution in [2.24, 2.45) is 12.8 Å². The van der Waals surface area contributed by atoms with E-state index in [0.717, 1.165) is 0 Å². The van der Waals surface area contributed by atoms with Crippen molar-refractivity contribution < 1.29 is 49.6 Å². The van der Waals surface area contributed by atoms with Gasteiger partial charge in [0.2, 0.25) is 5.82 Å². The van der Waals surface area contributed by atoms with E-state index in [4.69, 9.17) is 28.2 Å². The van der Waals surface area contributed by atoms with Gasteiger partial charge in [-0.1, -0.05) is 13.5 Å². The summed E-state index contributed by atoms with van der Waals surface area (Å²) in [5.74, 6) is -0.627. The number of carbonyl (C=O) groups excluding carboxylic acids is 2. The fourth-order valence-electron chi connectivity index (χ4n) is 3.17. The maximum absolute atomic E-state index is 14.9. The molecule has 1 aromatic carbocycles. The number of pyridine rings is 1. The molecular weight excluding hydrogens is 582 g/mol. The van der Waals surface area contributed by atoms with E-state index >= 15 is 0 Å². The third-order valence-electron chi connectivity index (χ3n) is 5.01. The molecule has 2 aromatic heterocycles. The highest BCUT2D eigenvalue weighted by atomic mass is 32.2. The average Bonchev–Trinajstić information content (AvgIpc) is 3.47. The number of esters is 1. The van der Waals surface area contributed by atoms with Crippen LogP contribution in [0.25, 0.3) is 22.6 Å². The molecule has 19 heteroatoms. The maximum atomic E-state index is 14.9. The number of rotatable bonds is 7. The fraction of sp³-hybridized carbons (Fsp3) is 0.364. The van der Waals surface area contributed by atoms with Crippen LogP contribution >= 0.6 is 0 Å². The van der Waals surface area contributed by atoms with Crippen molar-refractivity contribution in [3.63, 3.8) is 0 Å². The summed E-state index contributed by atoms with van der Waals surface area (Å²) in [6.07, 6.45) is 0.319. The van der Waals surface area contributed by atoms with E-state index in [1.54, 1.807) is 31.3 Å². The number of alkyl halides is 3. The maximum Gasteiger partial charge on any atom is 0.485 e. The second-order valence-electron chi connectivity index (χ2n) is 7.94. The van der Waals surface area contributed by atoms with E-state index in [1.807, 2.05) is 0 Å². The zero-order valence-corrected chi connectivity index (χ0v) is 21.2. The first kappa shape index (κ1) is 33.0. The molecule has 1 amide bonds. The third kappa shape index (κ3) is 8.63. The van der Waals surface area contributed by atoms with E-state index < -0.39 is 39.6 Å². The Labute approximate surface area is 230 Å². The van der Waals surface area contributed by atoms with Gasteiger partial charge in [0.05, 0.1) is 25.7 Å². The molecular formula is C22H24F4N7O7S-. The number of ether oxygens (including phenoxy) is 2. The molecule has 0 bridgehead atoms. The summed E-state index contributed by atoms with van der Waals surface area (Å²) in [6, 6.07) is 7.79. The molecule has 0 spiro atoms. The Morgan fingerprint density at radius 2 is 1.95 bits per heavy atom. The summed E-state index contributed by atoms with van der Waals surface area (Å²) in [5.41, 5.74) is 1.36. The number of anilines is 1. The van der Waals surface area contributed by atoms with Crippen LogP contribution in [0.5, 0.6) is 0 Å². The molecule has 1 aliphatic heterocycles. The van der Waals surface area contributed by atoms with Crippen molar-refractivity contribution in [2.45, 2.75) is 25.5 Å². The normalized spacial score (nSPS) is 15.0. The van der Waals surface area contributed by atoms with E-state index in [1.165, 1.54) is 22.0 Å². The van der Waals surface area contributed by atoms with E-state index in [9.17, 15) is 27.2 Å². The smallest absolute Gasteiger partial charge is 0.485 e. The Bertz CT molecular complexity index is 1470. The number of hydrogen-bond donors (Lipinski definition) is 1. The number of cyclic esters (lactones) is 1. The lowest BCUT2D eigenvalue weighted by Crippen LogP contribution is -2.27. The van der Waals surface area contributed by atoms with Crippen LogP contribution in [0, 0.1) is 5.82 Å². The highest BCUT2D eigenvalue weighted by Gasteiger charge is 2.37. The van der Waals surface area contributed by atoms with Gasteiger partial charge in [-0.15, -0.1) is 10.2 Å². The first-order valence-electron chi connectivity index (χ1n) is 11.1. The molecule has 224 valence electrons. The van der Waals surface area contributed by atoms with Crippen molar-refractivity contribution in [1.29, 1.82) is 0 Å². The Kier molecular flexibility index (Phi) is 10.8. The van der Waals surface area contributed by atoms with Crippen LogP contribution in [0.3, 0.4) is 0 Å². The quantitative estimate of drug-likeness (QED) is 0.178. The predicted octanol–water partition coefficient (Wildman–Crippen LogP) is 1.98. The second-order valence-corrected chi connectivity index (χ2v) is 9.31. The summed E-state index contributed by atoms with van der Waals surface area (Å²) in [7, 11) is -4.44. The molecule has 1 aliphatic rings. The van der Waals surface area contributed by atoms with E-state index in [2.05, 4.69) is 20.4 Å². The van der Waals surface area contributed by atoms with Crippen LogP contribution in [0.4, 0.5) is 28.0 Å². The van der Waals surface area contributed by atoms with Crippen LogP contribution in [0.2, 0.25) is 0 Å². The summed E-state index contributed by atoms with van der Waals surface area (Å²) in [6.45, 7) is 0.228. The molecule has 0 saturated carbocycles. The highest BCUT2D eigenvalue weighted by Crippen LogP contribution is 2.29. The second kappa shape index (κ2) is 13.4. The zero-order valence-electron chi connectivity index (χ0n) is 20.4. The number of aromatic nitrogens is 5. The molecule has 0 aliphatic carbocycles. The van der Waals surface area contributed by atoms with Gasteiger partial charge in [0, 0.05) is 23.9 Å². The van der Waals surface area contributed by atoms with Crippen LogP contribution in [0.15, 0.2) is 36.5 Å². The van der Waals surface area contributed by atoms with E-state index in [0.29, 0.717) is 28.3 Å². The van der Waals surface area contributed by atoms with Gasteiger partial charge in [0.25, 0.3) is 0 Å². The molecule has 3 aromatic rings. The van der Waals surface area contributed by atoms with Crippen molar-refractivity contribution in [1.82, 2.24) is 25.2 Å². The summed E-state index contributed by atoms with van der Waals surface area (Å²) < 4.78 is 84.0. The molecule has 0 unspecified atom stereocenters. The Morgan fingerprint density at radius 3 is 2.46 bits per heavy atom. The van der Waals surface area contributed by atoms with Gasteiger partial charge in [0.15, 0.2) is 16.2 Å². The zero-order chi connectivity index (χ0) is 29.7. The number of carbonyl (C=O) groups is 2. The van der Waals surface area contributed by atoms with Crippen molar-refractivity contribution in [3.8, 4) is 22.6 Å². The molecule has 1 atom stereocenters. The number of nitrogens with two attached hydrogens (primary N) is 1. The largest absolute Gasteiger partial charge is 0.741 e. The van der Waals surface area contributed by atoms with Crippen LogP contribution in [-0.2, 0) is 31.4 Å². The number of hydrogen-bond acceptors (Lipinski definition) is 12. The monoisotopic (exact) mass is 606 g/mol. The van der Waals surface area contributed by atoms with Gasteiger partial charge >= 0.3 is 17.6 Å². The Hall–Kier alpha value is -4.23. The van der Waals surface area contributed by atoms with Crippen LogP contribution in [0.1, 0.15) is 13.8 Å². The molecule has 14 nitrogen and oxygen atoms in total. The number of nitrogens with zero attached hydrogens (tertiary/aromatic N) is 6. The van der Waals surface area contributed by atoms with Crippen molar-refractivity contribution >= 4 is 27.9 Å². The summed E-state index contributed by atoms with van der Waals surface area (Å²) >= 11 is 0. The topological polar surface area (TPSA) is 196 Å². The standard InChI is InChI=1S/C20H20FN7O4.CHF3O3S.CH4/c1-27-25-19(24-26-27)17-5-2-12(9-23-17)15-4-3-13(8-16(15)21)28-10-14(32-20(28)30)11-31-18(29)6-7-22;2-1(3,4)8(5,6)7;/h2-5,8-9,14H,6-7,10-11,22H2,1H3;(H,5,6,7);1H4/p-1/t14-;;/m1../s1. The summed E-state index contributed by atoms with van der Waals surface area (Å²) in [5, 5.41) is 11.7. The number of halogens is 4. The first-order chi connectivity index (χ1) is 18.7.